The van der Waals surface area contributed by atoms with Crippen LogP contribution in [0.1, 0.15) is 43.2 Å². The van der Waals surface area contributed by atoms with Gasteiger partial charge in [-0.3, -0.25) is 4.99 Å². The molecule has 0 spiro atoms. The second-order valence-electron chi connectivity index (χ2n) is 7.15. The number of rotatable bonds is 8. The van der Waals surface area contributed by atoms with Crippen LogP contribution in [-0.4, -0.2) is 38.9 Å². The van der Waals surface area contributed by atoms with E-state index >= 15 is 0 Å². The lowest BCUT2D eigenvalue weighted by molar-refractivity contribution is 0.140. The maximum atomic E-state index is 6.16. The monoisotopic (exact) mass is 473 g/mol. The average Bonchev–Trinajstić information content (AvgIpc) is 3.30. The zero-order valence-corrected chi connectivity index (χ0v) is 18.3. The van der Waals surface area contributed by atoms with Gasteiger partial charge in [-0.05, 0) is 37.3 Å². The predicted molar refractivity (Wildman–Crippen MR) is 117 cm³/mol. The summed E-state index contributed by atoms with van der Waals surface area (Å²) in [5, 5.41) is 6.81. The summed E-state index contributed by atoms with van der Waals surface area (Å²) in [6.07, 6.45) is 6.53. The topological polar surface area (TPSA) is 54.9 Å². The maximum Gasteiger partial charge on any atom is 0.191 e. The Balaban J connectivity index is 0.00000243. The molecule has 1 unspecified atom stereocenters. The Hall–Kier alpha value is -1.02. The molecule has 1 atom stereocenters. The first kappa shape index (κ1) is 21.3. The highest BCUT2D eigenvalue weighted by Gasteiger charge is 2.20. The minimum Gasteiger partial charge on any atom is -0.488 e. The highest BCUT2D eigenvalue weighted by atomic mass is 127. The van der Waals surface area contributed by atoms with Crippen LogP contribution in [0.2, 0.25) is 0 Å². The molecule has 1 saturated heterocycles. The van der Waals surface area contributed by atoms with Crippen LogP contribution < -0.4 is 15.4 Å². The van der Waals surface area contributed by atoms with Gasteiger partial charge in [-0.15, -0.1) is 24.0 Å². The van der Waals surface area contributed by atoms with Crippen molar-refractivity contribution in [3.63, 3.8) is 0 Å². The Morgan fingerprint density at radius 3 is 2.81 bits per heavy atom. The lowest BCUT2D eigenvalue weighted by atomic mass is 10.1. The van der Waals surface area contributed by atoms with E-state index in [-0.39, 0.29) is 30.1 Å². The molecule has 0 bridgehead atoms. The van der Waals surface area contributed by atoms with Gasteiger partial charge in [0.2, 0.25) is 0 Å². The van der Waals surface area contributed by atoms with E-state index in [4.69, 9.17) is 9.47 Å². The number of hydrogen-bond acceptors (Lipinski definition) is 3. The number of aliphatic imine (C=N–C) groups is 1. The van der Waals surface area contributed by atoms with Gasteiger partial charge >= 0.3 is 0 Å². The molecule has 1 aromatic rings. The zero-order valence-electron chi connectivity index (χ0n) is 15.9. The van der Waals surface area contributed by atoms with Crippen LogP contribution in [0.4, 0.5) is 0 Å². The number of hydrogen-bond donors (Lipinski definition) is 2. The number of aryl methyl sites for hydroxylation is 1. The van der Waals surface area contributed by atoms with Crippen LogP contribution >= 0.6 is 24.0 Å². The molecule has 1 aromatic carbocycles. The molecule has 5 nitrogen and oxygen atoms in total. The van der Waals surface area contributed by atoms with Crippen molar-refractivity contribution in [3.8, 4) is 5.75 Å². The Morgan fingerprint density at radius 2 is 2.12 bits per heavy atom. The average molecular weight is 473 g/mol. The van der Waals surface area contributed by atoms with Crippen LogP contribution in [0.3, 0.4) is 0 Å². The van der Waals surface area contributed by atoms with Crippen LogP contribution in [0.5, 0.6) is 5.75 Å². The van der Waals surface area contributed by atoms with Crippen molar-refractivity contribution in [2.45, 2.75) is 51.7 Å². The van der Waals surface area contributed by atoms with E-state index in [0.717, 1.165) is 42.8 Å². The van der Waals surface area contributed by atoms with Gasteiger partial charge in [-0.2, -0.15) is 0 Å². The molecule has 146 valence electrons. The minimum atomic E-state index is 0. The van der Waals surface area contributed by atoms with Gasteiger partial charge < -0.3 is 20.1 Å². The number of ether oxygens (including phenoxy) is 2. The van der Waals surface area contributed by atoms with Crippen molar-refractivity contribution in [2.75, 3.05) is 26.8 Å². The predicted octanol–water partition coefficient (Wildman–Crippen LogP) is 3.64. The van der Waals surface area contributed by atoms with Crippen molar-refractivity contribution in [1.29, 1.82) is 0 Å². The summed E-state index contributed by atoms with van der Waals surface area (Å²) in [4.78, 5) is 4.32. The smallest absolute Gasteiger partial charge is 0.191 e. The molecule has 2 fully saturated rings. The van der Waals surface area contributed by atoms with E-state index in [2.05, 4.69) is 40.7 Å². The fraction of sp³-hybridized carbons (Fsp3) is 0.650. The highest BCUT2D eigenvalue weighted by molar-refractivity contribution is 14.0. The maximum absolute atomic E-state index is 6.16. The summed E-state index contributed by atoms with van der Waals surface area (Å²) in [5.74, 6) is 2.79. The Labute approximate surface area is 174 Å². The van der Waals surface area contributed by atoms with Crippen LogP contribution in [0.15, 0.2) is 23.2 Å². The van der Waals surface area contributed by atoms with Crippen molar-refractivity contribution < 1.29 is 9.47 Å². The summed E-state index contributed by atoms with van der Waals surface area (Å²) in [5.41, 5.74) is 2.36. The molecule has 1 saturated carbocycles. The molecule has 2 N–H and O–H groups in total. The molecule has 3 rings (SSSR count). The summed E-state index contributed by atoms with van der Waals surface area (Å²) in [6, 6.07) is 6.37. The summed E-state index contributed by atoms with van der Waals surface area (Å²) >= 11 is 0. The van der Waals surface area contributed by atoms with Crippen LogP contribution in [0.25, 0.3) is 0 Å². The fourth-order valence-corrected chi connectivity index (χ4v) is 3.11. The van der Waals surface area contributed by atoms with Crippen molar-refractivity contribution in [2.24, 2.45) is 10.9 Å². The highest BCUT2D eigenvalue weighted by Crippen LogP contribution is 2.33. The van der Waals surface area contributed by atoms with Crippen molar-refractivity contribution in [1.82, 2.24) is 10.6 Å². The molecular formula is C20H32IN3O2. The Kier molecular flexibility index (Phi) is 8.98. The lowest BCUT2D eigenvalue weighted by Gasteiger charge is -2.18. The molecule has 6 heteroatoms. The normalized spacial score (nSPS) is 19.8. The SMILES string of the molecule is CN=C(NCCCC1CC1)NCc1ccc(C)cc1OC1CCOC1.I. The summed E-state index contributed by atoms with van der Waals surface area (Å²) in [6.45, 7) is 5.25. The molecule has 26 heavy (non-hydrogen) atoms. The van der Waals surface area contributed by atoms with Gasteiger partial charge in [0.25, 0.3) is 0 Å². The molecule has 0 amide bonds. The molecule has 2 aliphatic rings. The molecule has 1 heterocycles. The zero-order chi connectivity index (χ0) is 17.5. The van der Waals surface area contributed by atoms with Crippen LogP contribution in [-0.2, 0) is 11.3 Å². The first-order chi connectivity index (χ1) is 12.2. The van der Waals surface area contributed by atoms with Crippen LogP contribution in [0, 0.1) is 12.8 Å². The second-order valence-corrected chi connectivity index (χ2v) is 7.15. The van der Waals surface area contributed by atoms with Gasteiger partial charge in [0.15, 0.2) is 5.96 Å². The van der Waals surface area contributed by atoms with Gasteiger partial charge in [0, 0.05) is 32.1 Å². The third kappa shape index (κ3) is 6.95. The van der Waals surface area contributed by atoms with Gasteiger partial charge in [0.1, 0.15) is 11.9 Å². The van der Waals surface area contributed by atoms with Crippen molar-refractivity contribution >= 4 is 29.9 Å². The first-order valence-electron chi connectivity index (χ1n) is 9.53. The number of guanidine groups is 1. The van der Waals surface area contributed by atoms with E-state index in [9.17, 15) is 0 Å². The first-order valence-corrected chi connectivity index (χ1v) is 9.53. The van der Waals surface area contributed by atoms with Gasteiger partial charge in [-0.1, -0.05) is 25.0 Å². The summed E-state index contributed by atoms with van der Waals surface area (Å²) in [7, 11) is 1.82. The van der Waals surface area contributed by atoms with E-state index in [1.807, 2.05) is 7.05 Å². The lowest BCUT2D eigenvalue weighted by Crippen LogP contribution is -2.37. The van der Waals surface area contributed by atoms with E-state index in [0.29, 0.717) is 13.2 Å². The number of nitrogens with zero attached hydrogens (tertiary/aromatic N) is 1. The quantitative estimate of drug-likeness (QED) is 0.262. The number of benzene rings is 1. The molecule has 0 radical (unpaired) electrons. The van der Waals surface area contributed by atoms with Gasteiger partial charge in [-0.25, -0.2) is 0 Å². The second kappa shape index (κ2) is 11.0. The standard InChI is InChI=1S/C20H31N3O2.HI/c1-15-5-8-17(19(12-15)25-18-9-11-24-14-18)13-23-20(21-2)22-10-3-4-16-6-7-16;/h5,8,12,16,18H,3-4,6-7,9-11,13-14H2,1-2H3,(H2,21,22,23);1H. The fourth-order valence-electron chi connectivity index (χ4n) is 3.11. The molecule has 0 aromatic heterocycles. The number of nitrogens with one attached hydrogen (secondary N) is 2. The van der Waals surface area contributed by atoms with Gasteiger partial charge in [0.05, 0.1) is 13.2 Å². The molecular weight excluding hydrogens is 441 g/mol. The van der Waals surface area contributed by atoms with E-state index < -0.39 is 0 Å². The van der Waals surface area contributed by atoms with Crippen molar-refractivity contribution in [3.05, 3.63) is 29.3 Å². The van der Waals surface area contributed by atoms with E-state index in [1.54, 1.807) is 0 Å². The third-order valence-electron chi connectivity index (χ3n) is 4.85. The number of halogens is 1. The molecule has 1 aliphatic heterocycles. The Bertz CT molecular complexity index is 584. The third-order valence-corrected chi connectivity index (χ3v) is 4.85. The Morgan fingerprint density at radius 1 is 1.27 bits per heavy atom. The molecule has 1 aliphatic carbocycles. The van der Waals surface area contributed by atoms with E-state index in [1.165, 1.54) is 31.2 Å². The summed E-state index contributed by atoms with van der Waals surface area (Å²) < 4.78 is 11.6. The largest absolute Gasteiger partial charge is 0.488 e. The minimum absolute atomic E-state index is 0.